The average molecular weight is 439 g/mol. The van der Waals surface area contributed by atoms with Gasteiger partial charge >= 0.3 is 0 Å². The Bertz CT molecular complexity index is 1380. The molecule has 0 aliphatic carbocycles. The first kappa shape index (κ1) is 20.6. The van der Waals surface area contributed by atoms with Gasteiger partial charge in [0.15, 0.2) is 14.9 Å². The van der Waals surface area contributed by atoms with E-state index in [1.807, 2.05) is 0 Å². The molecule has 158 valence electrons. The smallest absolute Gasteiger partial charge is 0.254 e. The van der Waals surface area contributed by atoms with Crippen molar-refractivity contribution < 1.29 is 17.6 Å². The molecule has 0 bridgehead atoms. The van der Waals surface area contributed by atoms with Crippen LogP contribution in [0.25, 0.3) is 16.6 Å². The molecule has 3 aromatic heterocycles. The van der Waals surface area contributed by atoms with E-state index in [0.717, 1.165) is 6.26 Å². The van der Waals surface area contributed by atoms with Crippen molar-refractivity contribution in [1.82, 2.24) is 25.1 Å². The topological polar surface area (TPSA) is 107 Å². The van der Waals surface area contributed by atoms with Gasteiger partial charge in [-0.1, -0.05) is 0 Å². The van der Waals surface area contributed by atoms with E-state index in [9.17, 15) is 17.6 Å². The zero-order valence-corrected chi connectivity index (χ0v) is 17.5. The standard InChI is InChI=1S/C21H18FN5O3S/c1-13(14-7-8-24-20(9-14)31(2,29)30)26-21(28)18-10-23-12-19-17(18)11-25-27(19)16-5-3-15(22)4-6-16/h3-13H,1-2H3,(H,26,28). The Morgan fingerprint density at radius 3 is 2.58 bits per heavy atom. The number of aromatic nitrogens is 4. The highest BCUT2D eigenvalue weighted by Crippen LogP contribution is 2.22. The molecule has 1 unspecified atom stereocenters. The first-order chi connectivity index (χ1) is 14.7. The molecule has 1 aromatic carbocycles. The zero-order chi connectivity index (χ0) is 22.2. The molecular weight excluding hydrogens is 421 g/mol. The molecule has 1 atom stereocenters. The fourth-order valence-electron chi connectivity index (χ4n) is 3.17. The monoisotopic (exact) mass is 439 g/mol. The summed E-state index contributed by atoms with van der Waals surface area (Å²) in [6.07, 6.45) is 7.04. The number of benzene rings is 1. The molecule has 8 nitrogen and oxygen atoms in total. The number of amides is 1. The Morgan fingerprint density at radius 1 is 1.13 bits per heavy atom. The number of carbonyl (C=O) groups excluding carboxylic acids is 1. The van der Waals surface area contributed by atoms with Gasteiger partial charge in [0.05, 0.1) is 35.2 Å². The number of fused-ring (bicyclic) bond motifs is 1. The van der Waals surface area contributed by atoms with Gasteiger partial charge in [-0.3, -0.25) is 9.78 Å². The van der Waals surface area contributed by atoms with Gasteiger partial charge in [0.2, 0.25) is 0 Å². The van der Waals surface area contributed by atoms with Crippen LogP contribution in [0.15, 0.2) is 66.2 Å². The maximum atomic E-state index is 13.2. The number of nitrogens with zero attached hydrogens (tertiary/aromatic N) is 4. The lowest BCUT2D eigenvalue weighted by molar-refractivity contribution is 0.0941. The van der Waals surface area contributed by atoms with Crippen LogP contribution >= 0.6 is 0 Å². The van der Waals surface area contributed by atoms with Crippen LogP contribution in [-0.4, -0.2) is 40.3 Å². The van der Waals surface area contributed by atoms with Crippen LogP contribution in [-0.2, 0) is 9.84 Å². The van der Waals surface area contributed by atoms with Crippen molar-refractivity contribution in [3.8, 4) is 5.69 Å². The number of pyridine rings is 2. The lowest BCUT2D eigenvalue weighted by Gasteiger charge is -2.15. The Morgan fingerprint density at radius 2 is 1.87 bits per heavy atom. The van der Waals surface area contributed by atoms with E-state index in [1.165, 1.54) is 30.6 Å². The van der Waals surface area contributed by atoms with E-state index >= 15 is 0 Å². The van der Waals surface area contributed by atoms with Gasteiger partial charge in [-0.05, 0) is 48.9 Å². The molecule has 0 aliphatic rings. The summed E-state index contributed by atoms with van der Waals surface area (Å²) in [6, 6.07) is 8.43. The predicted octanol–water partition coefficient (Wildman–Crippen LogP) is 2.85. The van der Waals surface area contributed by atoms with Crippen molar-refractivity contribution >= 4 is 26.6 Å². The third-order valence-electron chi connectivity index (χ3n) is 4.80. The van der Waals surface area contributed by atoms with Crippen LogP contribution in [0, 0.1) is 5.82 Å². The summed E-state index contributed by atoms with van der Waals surface area (Å²) in [6.45, 7) is 1.74. The SMILES string of the molecule is CC(NC(=O)c1cncc2c1cnn2-c1ccc(F)cc1)c1ccnc(S(C)(=O)=O)c1. The van der Waals surface area contributed by atoms with Crippen LogP contribution in [0.3, 0.4) is 0 Å². The fraction of sp³-hybridized carbons (Fsp3) is 0.143. The second-order valence-electron chi connectivity index (χ2n) is 7.05. The van der Waals surface area contributed by atoms with Crippen molar-refractivity contribution in [1.29, 1.82) is 0 Å². The summed E-state index contributed by atoms with van der Waals surface area (Å²) in [7, 11) is -3.46. The summed E-state index contributed by atoms with van der Waals surface area (Å²) in [5, 5.41) is 7.68. The van der Waals surface area contributed by atoms with Crippen molar-refractivity contribution in [2.24, 2.45) is 0 Å². The van der Waals surface area contributed by atoms with E-state index in [2.05, 4.69) is 20.4 Å². The normalized spacial score (nSPS) is 12.6. The highest BCUT2D eigenvalue weighted by atomic mass is 32.2. The summed E-state index contributed by atoms with van der Waals surface area (Å²) < 4.78 is 38.3. The van der Waals surface area contributed by atoms with Crippen molar-refractivity contribution in [3.63, 3.8) is 0 Å². The van der Waals surface area contributed by atoms with Crippen molar-refractivity contribution in [2.75, 3.05) is 6.26 Å². The minimum atomic E-state index is -3.46. The molecule has 4 aromatic rings. The zero-order valence-electron chi connectivity index (χ0n) is 16.7. The largest absolute Gasteiger partial charge is 0.345 e. The molecule has 3 heterocycles. The van der Waals surface area contributed by atoms with Crippen LogP contribution in [0.5, 0.6) is 0 Å². The molecule has 0 saturated carbocycles. The molecule has 0 spiro atoms. The van der Waals surface area contributed by atoms with Crippen LogP contribution < -0.4 is 5.32 Å². The van der Waals surface area contributed by atoms with Gasteiger partial charge in [0.25, 0.3) is 5.91 Å². The molecule has 31 heavy (non-hydrogen) atoms. The molecule has 0 fully saturated rings. The molecule has 1 amide bonds. The highest BCUT2D eigenvalue weighted by molar-refractivity contribution is 7.90. The van der Waals surface area contributed by atoms with Gasteiger partial charge in [0, 0.05) is 24.0 Å². The molecule has 0 saturated heterocycles. The van der Waals surface area contributed by atoms with Gasteiger partial charge in [-0.15, -0.1) is 0 Å². The minimum absolute atomic E-state index is 0.0598. The highest BCUT2D eigenvalue weighted by Gasteiger charge is 2.18. The molecule has 0 radical (unpaired) electrons. The van der Waals surface area contributed by atoms with E-state index in [1.54, 1.807) is 42.2 Å². The fourth-order valence-corrected chi connectivity index (χ4v) is 3.77. The van der Waals surface area contributed by atoms with E-state index in [-0.39, 0.29) is 16.8 Å². The Labute approximate surface area is 177 Å². The maximum absolute atomic E-state index is 13.2. The third kappa shape index (κ3) is 4.15. The molecule has 1 N–H and O–H groups in total. The number of hydrogen-bond donors (Lipinski definition) is 1. The Kier molecular flexibility index (Phi) is 5.24. The minimum Gasteiger partial charge on any atom is -0.345 e. The first-order valence-corrected chi connectivity index (χ1v) is 11.2. The summed E-state index contributed by atoms with van der Waals surface area (Å²) in [5.41, 5.74) is 2.14. The van der Waals surface area contributed by atoms with Gasteiger partial charge in [-0.2, -0.15) is 5.10 Å². The number of nitrogens with one attached hydrogen (secondary N) is 1. The molecule has 0 aliphatic heterocycles. The van der Waals surface area contributed by atoms with E-state index in [4.69, 9.17) is 0 Å². The summed E-state index contributed by atoms with van der Waals surface area (Å²) >= 11 is 0. The molecule has 10 heteroatoms. The Hall–Kier alpha value is -3.66. The quantitative estimate of drug-likeness (QED) is 0.512. The average Bonchev–Trinajstić information content (AvgIpc) is 3.18. The first-order valence-electron chi connectivity index (χ1n) is 9.28. The second-order valence-corrected chi connectivity index (χ2v) is 9.01. The summed E-state index contributed by atoms with van der Waals surface area (Å²) in [4.78, 5) is 21.0. The Balaban J connectivity index is 1.63. The number of rotatable bonds is 5. The van der Waals surface area contributed by atoms with Gasteiger partial charge in [-0.25, -0.2) is 22.5 Å². The van der Waals surface area contributed by atoms with Crippen LogP contribution in [0.2, 0.25) is 0 Å². The number of sulfone groups is 1. The van der Waals surface area contributed by atoms with Gasteiger partial charge in [0.1, 0.15) is 5.82 Å². The van der Waals surface area contributed by atoms with E-state index < -0.39 is 15.9 Å². The lowest BCUT2D eigenvalue weighted by atomic mass is 10.1. The maximum Gasteiger partial charge on any atom is 0.254 e. The predicted molar refractivity (Wildman–Crippen MR) is 112 cm³/mol. The van der Waals surface area contributed by atoms with E-state index in [0.29, 0.717) is 27.7 Å². The molecular formula is C21H18FN5O3S. The van der Waals surface area contributed by atoms with Crippen molar-refractivity contribution in [2.45, 2.75) is 18.0 Å². The number of hydrogen-bond acceptors (Lipinski definition) is 6. The molecule has 4 rings (SSSR count). The van der Waals surface area contributed by atoms with Crippen LogP contribution in [0.4, 0.5) is 4.39 Å². The third-order valence-corrected chi connectivity index (χ3v) is 5.78. The number of carbonyl (C=O) groups is 1. The van der Waals surface area contributed by atoms with Gasteiger partial charge < -0.3 is 5.32 Å². The lowest BCUT2D eigenvalue weighted by Crippen LogP contribution is -2.27. The second kappa shape index (κ2) is 7.88. The van der Waals surface area contributed by atoms with Crippen LogP contribution in [0.1, 0.15) is 28.9 Å². The summed E-state index contributed by atoms with van der Waals surface area (Å²) in [5.74, 6) is -0.746. The number of halogens is 1. The van der Waals surface area contributed by atoms with Crippen molar-refractivity contribution in [3.05, 3.63) is 78.1 Å².